The van der Waals surface area contributed by atoms with Crippen molar-refractivity contribution < 1.29 is 4.79 Å². The highest BCUT2D eigenvalue weighted by atomic mass is 16.2. The van der Waals surface area contributed by atoms with Gasteiger partial charge in [0, 0.05) is 39.1 Å². The van der Waals surface area contributed by atoms with Crippen LogP contribution >= 0.6 is 0 Å². The number of hydrogen-bond acceptors (Lipinski definition) is 6. The fraction of sp³-hybridized carbons (Fsp3) is 0.320. The molecule has 1 aliphatic rings. The van der Waals surface area contributed by atoms with E-state index in [-0.39, 0.29) is 11.6 Å². The monoisotopic (exact) mass is 443 g/mol. The SMILES string of the molecule is CCN(CC)c1ccc(/N=C2/C(C(=O)N(C)C)=Nn3c2nc(C)c3-c2ccccn2)c(C)c1. The highest BCUT2D eigenvalue weighted by molar-refractivity contribution is 6.70. The molecule has 0 bridgehead atoms. The van der Waals surface area contributed by atoms with Gasteiger partial charge in [0.05, 0.1) is 17.1 Å². The molecule has 0 saturated carbocycles. The Morgan fingerprint density at radius 2 is 1.85 bits per heavy atom. The summed E-state index contributed by atoms with van der Waals surface area (Å²) in [6.07, 6.45) is 1.73. The highest BCUT2D eigenvalue weighted by Gasteiger charge is 2.34. The first kappa shape index (κ1) is 22.4. The average molecular weight is 444 g/mol. The molecule has 3 heterocycles. The molecular weight excluding hydrogens is 414 g/mol. The van der Waals surface area contributed by atoms with E-state index in [4.69, 9.17) is 9.98 Å². The Hall–Kier alpha value is -3.81. The maximum atomic E-state index is 13.0. The molecule has 0 atom stereocenters. The van der Waals surface area contributed by atoms with Gasteiger partial charge in [-0.15, -0.1) is 0 Å². The molecule has 3 aromatic rings. The number of carbonyl (C=O) groups is 1. The lowest BCUT2D eigenvalue weighted by molar-refractivity contribution is -0.121. The lowest BCUT2D eigenvalue weighted by atomic mass is 10.1. The van der Waals surface area contributed by atoms with Gasteiger partial charge in [-0.3, -0.25) is 9.78 Å². The summed E-state index contributed by atoms with van der Waals surface area (Å²) >= 11 is 0. The van der Waals surface area contributed by atoms with Crippen LogP contribution < -0.4 is 4.90 Å². The van der Waals surface area contributed by atoms with Crippen LogP contribution in [0.15, 0.2) is 52.7 Å². The highest BCUT2D eigenvalue weighted by Crippen LogP contribution is 2.30. The zero-order valence-corrected chi connectivity index (χ0v) is 20.0. The van der Waals surface area contributed by atoms with Gasteiger partial charge >= 0.3 is 0 Å². The second kappa shape index (κ2) is 8.97. The zero-order valence-electron chi connectivity index (χ0n) is 20.0. The van der Waals surface area contributed by atoms with E-state index in [1.54, 1.807) is 25.0 Å². The number of benzene rings is 1. The fourth-order valence-electron chi connectivity index (χ4n) is 3.95. The number of rotatable bonds is 6. The van der Waals surface area contributed by atoms with Gasteiger partial charge in [-0.2, -0.15) is 5.10 Å². The summed E-state index contributed by atoms with van der Waals surface area (Å²) in [4.78, 5) is 30.9. The van der Waals surface area contributed by atoms with Crippen molar-refractivity contribution in [2.75, 3.05) is 32.1 Å². The lowest BCUT2D eigenvalue weighted by Gasteiger charge is -2.21. The minimum atomic E-state index is -0.221. The van der Waals surface area contributed by atoms with Crippen molar-refractivity contribution in [1.82, 2.24) is 19.5 Å². The van der Waals surface area contributed by atoms with Crippen LogP contribution in [0.25, 0.3) is 11.4 Å². The van der Waals surface area contributed by atoms with Crippen LogP contribution in [0, 0.1) is 13.8 Å². The van der Waals surface area contributed by atoms with Crippen LogP contribution in [0.1, 0.15) is 30.9 Å². The number of amides is 1. The van der Waals surface area contributed by atoms with Crippen LogP contribution in [0.3, 0.4) is 0 Å². The first-order valence-corrected chi connectivity index (χ1v) is 11.1. The van der Waals surface area contributed by atoms with Gasteiger partial charge < -0.3 is 9.80 Å². The van der Waals surface area contributed by atoms with Crippen LogP contribution in [0.4, 0.5) is 11.4 Å². The lowest BCUT2D eigenvalue weighted by Crippen LogP contribution is -2.34. The van der Waals surface area contributed by atoms with E-state index < -0.39 is 0 Å². The van der Waals surface area contributed by atoms with E-state index in [1.165, 1.54) is 4.90 Å². The smallest absolute Gasteiger partial charge is 0.276 e. The fourth-order valence-corrected chi connectivity index (χ4v) is 3.95. The maximum Gasteiger partial charge on any atom is 0.276 e. The first-order chi connectivity index (χ1) is 15.8. The third-order valence-electron chi connectivity index (χ3n) is 5.72. The number of aryl methyl sites for hydroxylation is 2. The van der Waals surface area contributed by atoms with Gasteiger partial charge in [-0.25, -0.2) is 14.7 Å². The summed E-state index contributed by atoms with van der Waals surface area (Å²) in [5, 5.41) is 4.65. The van der Waals surface area contributed by atoms with Gasteiger partial charge in [0.1, 0.15) is 11.4 Å². The topological polar surface area (TPSA) is 79.0 Å². The van der Waals surface area contributed by atoms with Crippen molar-refractivity contribution in [2.24, 2.45) is 10.1 Å². The molecule has 0 radical (unpaired) electrons. The summed E-state index contributed by atoms with van der Waals surface area (Å²) in [7, 11) is 3.41. The van der Waals surface area contributed by atoms with Crippen molar-refractivity contribution in [2.45, 2.75) is 27.7 Å². The number of imidazole rings is 1. The normalized spacial score (nSPS) is 13.8. The molecule has 1 aromatic carbocycles. The largest absolute Gasteiger partial charge is 0.372 e. The predicted octanol–water partition coefficient (Wildman–Crippen LogP) is 3.83. The molecule has 0 unspecified atom stereocenters. The number of hydrogen-bond donors (Lipinski definition) is 0. The van der Waals surface area contributed by atoms with Crippen LogP contribution in [-0.4, -0.2) is 64.1 Å². The minimum Gasteiger partial charge on any atom is -0.372 e. The number of carbonyl (C=O) groups excluding carboxylic acids is 1. The molecule has 1 amide bonds. The van der Waals surface area contributed by atoms with Crippen LogP contribution in [-0.2, 0) is 4.79 Å². The molecule has 0 fully saturated rings. The summed E-state index contributed by atoms with van der Waals surface area (Å²) < 4.78 is 1.69. The zero-order chi connectivity index (χ0) is 23.7. The summed E-state index contributed by atoms with van der Waals surface area (Å²) in [6, 6.07) is 11.9. The van der Waals surface area contributed by atoms with Crippen LogP contribution in [0.5, 0.6) is 0 Å². The number of fused-ring (bicyclic) bond motifs is 1. The minimum absolute atomic E-state index is 0.221. The van der Waals surface area contributed by atoms with E-state index in [0.717, 1.165) is 47.1 Å². The Balaban J connectivity index is 1.86. The molecule has 0 saturated heterocycles. The quantitative estimate of drug-likeness (QED) is 0.580. The van der Waals surface area contributed by atoms with Crippen molar-refractivity contribution in [3.8, 4) is 11.4 Å². The summed E-state index contributed by atoms with van der Waals surface area (Å²) in [5.41, 5.74) is 5.99. The van der Waals surface area contributed by atoms with E-state index >= 15 is 0 Å². The van der Waals surface area contributed by atoms with E-state index in [0.29, 0.717) is 11.5 Å². The van der Waals surface area contributed by atoms with Gasteiger partial charge in [-0.1, -0.05) is 6.07 Å². The molecular formula is C25H29N7O. The first-order valence-electron chi connectivity index (χ1n) is 11.1. The number of aliphatic imine (C=N–C) groups is 1. The standard InChI is InChI=1S/C25H29N7O/c1-7-31(8-2)18-12-13-19(16(3)15-18)28-21-22(25(33)30(5)6)29-32-23(17(4)27-24(21)32)20-11-9-10-14-26-20/h9-15H,7-8H2,1-6H3/b28-21-. The second-order valence-corrected chi connectivity index (χ2v) is 8.15. The number of pyridine rings is 1. The van der Waals surface area contributed by atoms with Crippen molar-refractivity contribution in [3.63, 3.8) is 0 Å². The molecule has 8 heteroatoms. The Morgan fingerprint density at radius 3 is 2.45 bits per heavy atom. The van der Waals surface area contributed by atoms with Crippen molar-refractivity contribution >= 4 is 28.7 Å². The van der Waals surface area contributed by atoms with E-state index in [9.17, 15) is 4.79 Å². The molecule has 0 N–H and O–H groups in total. The third kappa shape index (κ3) is 4.04. The van der Waals surface area contributed by atoms with E-state index in [1.807, 2.05) is 38.1 Å². The Morgan fingerprint density at radius 1 is 1.09 bits per heavy atom. The summed E-state index contributed by atoms with van der Waals surface area (Å²) in [6.45, 7) is 10.1. The third-order valence-corrected chi connectivity index (χ3v) is 5.72. The second-order valence-electron chi connectivity index (χ2n) is 8.15. The molecule has 33 heavy (non-hydrogen) atoms. The van der Waals surface area contributed by atoms with Gasteiger partial charge in [-0.05, 0) is 63.6 Å². The van der Waals surface area contributed by atoms with Gasteiger partial charge in [0.25, 0.3) is 5.91 Å². The van der Waals surface area contributed by atoms with Crippen molar-refractivity contribution in [1.29, 1.82) is 0 Å². The number of aromatic nitrogens is 3. The molecule has 0 aliphatic carbocycles. The summed E-state index contributed by atoms with van der Waals surface area (Å²) in [5.74, 6) is 0.326. The Labute approximate surface area is 194 Å². The van der Waals surface area contributed by atoms with Gasteiger partial charge in [0.15, 0.2) is 11.5 Å². The molecule has 2 aromatic heterocycles. The van der Waals surface area contributed by atoms with Crippen LogP contribution in [0.2, 0.25) is 0 Å². The molecule has 1 aliphatic heterocycles. The molecule has 170 valence electrons. The Kier molecular flexibility index (Phi) is 6.09. The van der Waals surface area contributed by atoms with Gasteiger partial charge in [0.2, 0.25) is 0 Å². The number of nitrogens with zero attached hydrogens (tertiary/aromatic N) is 7. The molecule has 4 rings (SSSR count). The predicted molar refractivity (Wildman–Crippen MR) is 133 cm³/mol. The Bertz CT molecular complexity index is 1250. The molecule has 0 spiro atoms. The van der Waals surface area contributed by atoms with E-state index in [2.05, 4.69) is 41.0 Å². The van der Waals surface area contributed by atoms with Crippen molar-refractivity contribution in [3.05, 3.63) is 59.7 Å². The average Bonchev–Trinajstić information content (AvgIpc) is 3.30. The molecule has 8 nitrogen and oxygen atoms in total. The number of anilines is 1. The maximum absolute atomic E-state index is 13.0.